The highest BCUT2D eigenvalue weighted by molar-refractivity contribution is 7.85. The summed E-state index contributed by atoms with van der Waals surface area (Å²) in [5.74, 6) is 0.0284. The minimum absolute atomic E-state index is 0.0987. The van der Waals surface area contributed by atoms with Crippen molar-refractivity contribution < 1.29 is 38.9 Å². The molecule has 0 saturated heterocycles. The number of rotatable bonds is 13. The summed E-state index contributed by atoms with van der Waals surface area (Å²) < 4.78 is 69.6. The smallest absolute Gasteiger partial charge is 0.265 e. The van der Waals surface area contributed by atoms with Gasteiger partial charge >= 0.3 is 0 Å². The Labute approximate surface area is 209 Å². The standard InChI is InChI=1S/C22H26N3O7S3/c1-19-5-10-25(11-6-19)15-17-33(26)32-21-3-2-4-22(23-21)34(27)31-16-14-24-12-7-20(8-13-24)9-18-35(28,29)30/h2-8,10-13H,9,14-18H2,1H3/q+1/p+1. The van der Waals surface area contributed by atoms with Gasteiger partial charge in [0.2, 0.25) is 28.0 Å². The molecule has 2 unspecified atom stereocenters. The van der Waals surface area contributed by atoms with E-state index in [0.29, 0.717) is 13.1 Å². The molecule has 3 rings (SSSR count). The van der Waals surface area contributed by atoms with Crippen LogP contribution in [0, 0.1) is 6.92 Å². The van der Waals surface area contributed by atoms with Gasteiger partial charge in [-0.1, -0.05) is 6.07 Å². The van der Waals surface area contributed by atoms with Gasteiger partial charge in [0.25, 0.3) is 10.1 Å². The first-order chi connectivity index (χ1) is 16.7. The summed E-state index contributed by atoms with van der Waals surface area (Å²) >= 11 is -3.45. The fourth-order valence-corrected chi connectivity index (χ4v) is 4.78. The molecule has 0 bridgehead atoms. The summed E-state index contributed by atoms with van der Waals surface area (Å²) in [5, 5.41) is 0.151. The first-order valence-electron chi connectivity index (χ1n) is 10.7. The van der Waals surface area contributed by atoms with Crippen molar-refractivity contribution in [1.82, 2.24) is 4.98 Å². The monoisotopic (exact) mass is 541 g/mol. The van der Waals surface area contributed by atoms with Crippen LogP contribution in [0.1, 0.15) is 11.1 Å². The molecule has 1 N–H and O–H groups in total. The lowest BCUT2D eigenvalue weighted by Gasteiger charge is -2.05. The Bertz CT molecular complexity index is 1270. The van der Waals surface area contributed by atoms with Crippen molar-refractivity contribution >= 4 is 32.3 Å². The van der Waals surface area contributed by atoms with Gasteiger partial charge in [0, 0.05) is 30.3 Å². The highest BCUT2D eigenvalue weighted by atomic mass is 32.2. The third-order valence-electron chi connectivity index (χ3n) is 4.77. The second kappa shape index (κ2) is 12.9. The summed E-state index contributed by atoms with van der Waals surface area (Å²) in [6.45, 7) is 3.04. The van der Waals surface area contributed by atoms with Crippen molar-refractivity contribution in [1.29, 1.82) is 0 Å². The average Bonchev–Trinajstić information content (AvgIpc) is 2.83. The summed E-state index contributed by atoms with van der Waals surface area (Å²) in [4.78, 5) is 4.13. The molecule has 0 aliphatic heterocycles. The molecule has 0 aromatic carbocycles. The van der Waals surface area contributed by atoms with Gasteiger partial charge in [-0.15, -0.1) is 0 Å². The van der Waals surface area contributed by atoms with E-state index in [1.165, 1.54) is 12.1 Å². The fraction of sp³-hybridized carbons (Fsp3) is 0.318. The van der Waals surface area contributed by atoms with Gasteiger partial charge < -0.3 is 4.18 Å². The third kappa shape index (κ3) is 9.90. The van der Waals surface area contributed by atoms with Crippen LogP contribution in [0.15, 0.2) is 72.3 Å². The lowest BCUT2D eigenvalue weighted by molar-refractivity contribution is -0.697. The lowest BCUT2D eigenvalue weighted by atomic mass is 10.2. The summed E-state index contributed by atoms with van der Waals surface area (Å²) in [7, 11) is -4.00. The van der Waals surface area contributed by atoms with Crippen LogP contribution in [-0.4, -0.2) is 44.5 Å². The Kier molecular flexibility index (Phi) is 9.98. The molecule has 3 heterocycles. The minimum Gasteiger partial charge on any atom is -0.380 e. The second-order valence-corrected chi connectivity index (χ2v) is 11.4. The number of aromatic nitrogens is 3. The van der Waals surface area contributed by atoms with Crippen molar-refractivity contribution in [2.45, 2.75) is 31.5 Å². The maximum Gasteiger partial charge on any atom is 0.265 e. The molecule has 0 aliphatic rings. The zero-order valence-electron chi connectivity index (χ0n) is 19.1. The summed E-state index contributed by atoms with van der Waals surface area (Å²) in [5.41, 5.74) is 1.90. The van der Waals surface area contributed by atoms with E-state index in [2.05, 4.69) is 4.98 Å². The van der Waals surface area contributed by atoms with Crippen molar-refractivity contribution in [3.8, 4) is 5.88 Å². The van der Waals surface area contributed by atoms with Crippen molar-refractivity contribution in [3.63, 3.8) is 0 Å². The third-order valence-corrected chi connectivity index (χ3v) is 7.31. The lowest BCUT2D eigenvalue weighted by Crippen LogP contribution is -2.36. The number of hydrogen-bond acceptors (Lipinski definition) is 7. The molecule has 35 heavy (non-hydrogen) atoms. The molecule has 10 nitrogen and oxygen atoms in total. The van der Waals surface area contributed by atoms with Gasteiger partial charge in [0.05, 0.1) is 5.75 Å². The summed E-state index contributed by atoms with van der Waals surface area (Å²) in [6, 6.07) is 12.1. The molecule has 0 radical (unpaired) electrons. The molecule has 0 aliphatic carbocycles. The predicted octanol–water partition coefficient (Wildman–Crippen LogP) is 0.877. The molecule has 0 fully saturated rings. The number of aryl methyl sites for hydroxylation is 3. The van der Waals surface area contributed by atoms with Crippen molar-refractivity contribution in [2.24, 2.45) is 0 Å². The molecule has 13 heteroatoms. The van der Waals surface area contributed by atoms with Gasteiger partial charge in [-0.25, -0.2) is 22.5 Å². The molecular weight excluding hydrogens is 514 g/mol. The maximum absolute atomic E-state index is 12.4. The highest BCUT2D eigenvalue weighted by Gasteiger charge is 2.13. The average molecular weight is 542 g/mol. The highest BCUT2D eigenvalue weighted by Crippen LogP contribution is 2.13. The molecule has 2 atom stereocenters. The normalized spacial score (nSPS) is 13.3. The van der Waals surface area contributed by atoms with Crippen LogP contribution in [0.5, 0.6) is 5.88 Å². The van der Waals surface area contributed by atoms with Crippen LogP contribution < -0.4 is 13.3 Å². The fourth-order valence-electron chi connectivity index (χ4n) is 2.86. The second-order valence-electron chi connectivity index (χ2n) is 7.56. The van der Waals surface area contributed by atoms with Crippen molar-refractivity contribution in [3.05, 3.63) is 78.4 Å². The van der Waals surface area contributed by atoms with Crippen LogP contribution in [-0.2, 0) is 56.0 Å². The number of nitrogens with zero attached hydrogens (tertiary/aromatic N) is 3. The Hall–Kier alpha value is -2.58. The van der Waals surface area contributed by atoms with E-state index in [9.17, 15) is 16.8 Å². The van der Waals surface area contributed by atoms with E-state index < -0.39 is 32.3 Å². The molecule has 3 aromatic heterocycles. The van der Waals surface area contributed by atoms with Crippen LogP contribution >= 0.6 is 0 Å². The number of pyridine rings is 3. The Morgan fingerprint density at radius 2 is 1.63 bits per heavy atom. The van der Waals surface area contributed by atoms with E-state index in [0.717, 1.165) is 11.1 Å². The zero-order chi connectivity index (χ0) is 25.3. The van der Waals surface area contributed by atoms with Crippen LogP contribution in [0.3, 0.4) is 0 Å². The Balaban J connectivity index is 1.44. The molecule has 0 amide bonds. The molecular formula is C22H27N3O7S3+2. The predicted molar refractivity (Wildman–Crippen MR) is 128 cm³/mol. The first-order valence-corrected chi connectivity index (χ1v) is 14.6. The van der Waals surface area contributed by atoms with E-state index in [1.807, 2.05) is 36.0 Å². The minimum atomic E-state index is -4.00. The van der Waals surface area contributed by atoms with E-state index in [4.69, 9.17) is 12.9 Å². The van der Waals surface area contributed by atoms with Gasteiger partial charge in [-0.2, -0.15) is 8.42 Å². The zero-order valence-corrected chi connectivity index (χ0v) is 21.5. The van der Waals surface area contributed by atoms with Gasteiger partial charge in [0.1, 0.15) is 12.4 Å². The summed E-state index contributed by atoms with van der Waals surface area (Å²) in [6.07, 6.45) is 7.50. The molecule has 0 saturated carbocycles. The van der Waals surface area contributed by atoms with Gasteiger partial charge in [-0.05, 0) is 30.5 Å². The van der Waals surface area contributed by atoms with Gasteiger partial charge in [-0.3, -0.25) is 8.74 Å². The van der Waals surface area contributed by atoms with Crippen molar-refractivity contribution in [2.75, 3.05) is 18.1 Å². The van der Waals surface area contributed by atoms with E-state index >= 15 is 0 Å². The first kappa shape index (κ1) is 27.0. The molecule has 3 aromatic rings. The Morgan fingerprint density at radius 1 is 0.971 bits per heavy atom. The van der Waals surface area contributed by atoms with E-state index in [-0.39, 0.29) is 35.4 Å². The number of hydrogen-bond donors (Lipinski definition) is 1. The van der Waals surface area contributed by atoms with Crippen LogP contribution in [0.25, 0.3) is 0 Å². The van der Waals surface area contributed by atoms with Crippen LogP contribution in [0.4, 0.5) is 0 Å². The topological polar surface area (TPSA) is 128 Å². The molecule has 188 valence electrons. The SMILES string of the molecule is Cc1cc[n+](CCS(=O)Oc2cccc(S(=O)OCC[n+]3ccc(CCS(=O)(=O)O)cc3)n2)cc1. The van der Waals surface area contributed by atoms with Crippen LogP contribution in [0.2, 0.25) is 0 Å². The quantitative estimate of drug-likeness (QED) is 0.250. The maximum atomic E-state index is 12.4. The van der Waals surface area contributed by atoms with Gasteiger partial charge in [0.15, 0.2) is 42.9 Å². The largest absolute Gasteiger partial charge is 0.380 e. The Morgan fingerprint density at radius 3 is 2.31 bits per heavy atom. The molecule has 0 spiro atoms. The van der Waals surface area contributed by atoms with E-state index in [1.54, 1.807) is 35.2 Å².